The molecule has 0 fully saturated rings. The molecule has 0 saturated carbocycles. The molecule has 0 radical (unpaired) electrons. The lowest BCUT2D eigenvalue weighted by molar-refractivity contribution is 0.669. The highest BCUT2D eigenvalue weighted by Crippen LogP contribution is 2.64. The highest BCUT2D eigenvalue weighted by Gasteiger charge is 2.50. The van der Waals surface area contributed by atoms with Crippen LogP contribution in [-0.2, 0) is 5.41 Å². The Morgan fingerprint density at radius 2 is 0.922 bits per heavy atom. The van der Waals surface area contributed by atoms with Crippen LogP contribution < -0.4 is 4.90 Å². The summed E-state index contributed by atoms with van der Waals surface area (Å²) >= 11 is 1.89. The van der Waals surface area contributed by atoms with Crippen molar-refractivity contribution in [3.63, 3.8) is 0 Å². The molecular formula is C61H37NOS. The fraction of sp³-hybridized carbons (Fsp3) is 0.0164. The maximum Gasteiger partial charge on any atom is 0.137 e. The maximum atomic E-state index is 6.56. The van der Waals surface area contributed by atoms with E-state index in [2.05, 4.69) is 223 Å². The molecule has 0 saturated heterocycles. The molecule has 14 rings (SSSR count). The Morgan fingerprint density at radius 1 is 0.344 bits per heavy atom. The zero-order chi connectivity index (χ0) is 41.9. The highest BCUT2D eigenvalue weighted by molar-refractivity contribution is 7.26. The lowest BCUT2D eigenvalue weighted by atomic mass is 9.65. The zero-order valence-electron chi connectivity index (χ0n) is 34.6. The molecular weight excluding hydrogens is 795 g/mol. The molecule has 0 amide bonds. The summed E-state index contributed by atoms with van der Waals surface area (Å²) < 4.78 is 9.20. The van der Waals surface area contributed by atoms with Crippen LogP contribution in [0.5, 0.6) is 0 Å². The van der Waals surface area contributed by atoms with Gasteiger partial charge in [-0.05, 0) is 121 Å². The van der Waals surface area contributed by atoms with E-state index in [1.807, 2.05) is 17.4 Å². The molecule has 10 aromatic carbocycles. The van der Waals surface area contributed by atoms with Gasteiger partial charge in [0.15, 0.2) is 0 Å². The van der Waals surface area contributed by atoms with E-state index in [-0.39, 0.29) is 0 Å². The van der Waals surface area contributed by atoms with E-state index in [0.717, 1.165) is 39.0 Å². The van der Waals surface area contributed by atoms with Crippen LogP contribution in [0.4, 0.5) is 17.1 Å². The molecule has 2 aliphatic carbocycles. The molecule has 1 atom stereocenters. The summed E-state index contributed by atoms with van der Waals surface area (Å²) in [5, 5.41) is 4.90. The predicted octanol–water partition coefficient (Wildman–Crippen LogP) is 17.1. The smallest absolute Gasteiger partial charge is 0.137 e. The Balaban J connectivity index is 1.09. The third kappa shape index (κ3) is 4.90. The Kier molecular flexibility index (Phi) is 7.51. The number of nitrogens with zero attached hydrogens (tertiary/aromatic N) is 1. The van der Waals surface area contributed by atoms with Crippen LogP contribution in [0.15, 0.2) is 229 Å². The molecule has 0 aliphatic heterocycles. The lowest BCUT2D eigenvalue weighted by Crippen LogP contribution is -2.29. The van der Waals surface area contributed by atoms with Crippen LogP contribution in [0.1, 0.15) is 22.3 Å². The fourth-order valence-corrected chi connectivity index (χ4v) is 12.4. The third-order valence-electron chi connectivity index (χ3n) is 13.9. The first-order chi connectivity index (χ1) is 31.7. The number of rotatable bonds is 4. The first-order valence-corrected chi connectivity index (χ1v) is 22.8. The van der Waals surface area contributed by atoms with E-state index in [9.17, 15) is 0 Å². The molecule has 1 unspecified atom stereocenters. The average molecular weight is 832 g/mol. The SMILES string of the molecule is c1ccc(-c2ccc(N(c3ccc4c(c3)C3(c5ccccc5-c5ccccc5-4)c4ccccc4-c4c3ccc3sc5ccccc5c43)c3ccc4c(c3)oc3ccccc34)cc2)cc1. The number of para-hydroxylation sites is 1. The minimum atomic E-state index is -0.643. The number of anilines is 3. The summed E-state index contributed by atoms with van der Waals surface area (Å²) in [6.45, 7) is 0. The van der Waals surface area contributed by atoms with Gasteiger partial charge in [0.1, 0.15) is 11.2 Å². The maximum absolute atomic E-state index is 6.56. The van der Waals surface area contributed by atoms with Crippen molar-refractivity contribution in [1.29, 1.82) is 0 Å². The number of hydrogen-bond acceptors (Lipinski definition) is 3. The van der Waals surface area contributed by atoms with E-state index >= 15 is 0 Å². The second kappa shape index (κ2) is 13.5. The van der Waals surface area contributed by atoms with Crippen molar-refractivity contribution >= 4 is 70.5 Å². The number of thiophene rings is 1. The molecule has 2 nitrogen and oxygen atoms in total. The lowest BCUT2D eigenvalue weighted by Gasteiger charge is -2.36. The highest BCUT2D eigenvalue weighted by atomic mass is 32.1. The second-order valence-electron chi connectivity index (χ2n) is 17.1. The van der Waals surface area contributed by atoms with E-state index in [1.165, 1.54) is 86.9 Å². The van der Waals surface area contributed by atoms with Gasteiger partial charge in [0, 0.05) is 54.1 Å². The Bertz CT molecular complexity index is 3860. The average Bonchev–Trinajstić information content (AvgIpc) is 4.00. The molecule has 3 heteroatoms. The van der Waals surface area contributed by atoms with Gasteiger partial charge >= 0.3 is 0 Å². The van der Waals surface area contributed by atoms with Gasteiger partial charge in [0.25, 0.3) is 0 Å². The van der Waals surface area contributed by atoms with Crippen LogP contribution in [0.3, 0.4) is 0 Å². The molecule has 2 heterocycles. The third-order valence-corrected chi connectivity index (χ3v) is 15.0. The second-order valence-corrected chi connectivity index (χ2v) is 18.2. The Hall–Kier alpha value is -7.98. The minimum absolute atomic E-state index is 0.643. The van der Waals surface area contributed by atoms with E-state index in [4.69, 9.17) is 4.42 Å². The van der Waals surface area contributed by atoms with Gasteiger partial charge in [-0.3, -0.25) is 0 Å². The first-order valence-electron chi connectivity index (χ1n) is 22.0. The van der Waals surface area contributed by atoms with Crippen molar-refractivity contribution in [2.24, 2.45) is 0 Å². The summed E-state index contributed by atoms with van der Waals surface area (Å²) in [4.78, 5) is 2.41. The van der Waals surface area contributed by atoms with Gasteiger partial charge in [-0.15, -0.1) is 11.3 Å². The van der Waals surface area contributed by atoms with Gasteiger partial charge in [-0.1, -0.05) is 164 Å². The van der Waals surface area contributed by atoms with Crippen molar-refractivity contribution in [2.75, 3.05) is 4.90 Å². The monoisotopic (exact) mass is 831 g/mol. The summed E-state index contributed by atoms with van der Waals surface area (Å²) in [7, 11) is 0. The topological polar surface area (TPSA) is 16.4 Å². The number of benzene rings is 10. The van der Waals surface area contributed by atoms with E-state index in [1.54, 1.807) is 0 Å². The quantitative estimate of drug-likeness (QED) is 0.176. The molecule has 298 valence electrons. The Morgan fingerprint density at radius 3 is 1.73 bits per heavy atom. The molecule has 0 N–H and O–H groups in total. The van der Waals surface area contributed by atoms with Crippen LogP contribution in [0.2, 0.25) is 0 Å². The first kappa shape index (κ1) is 35.6. The summed E-state index contributed by atoms with van der Waals surface area (Å²) in [5.41, 5.74) is 19.5. The predicted molar refractivity (Wildman–Crippen MR) is 268 cm³/mol. The normalized spacial score (nSPS) is 14.6. The van der Waals surface area contributed by atoms with Crippen molar-refractivity contribution in [3.05, 3.63) is 247 Å². The summed E-state index contributed by atoms with van der Waals surface area (Å²) in [6, 6.07) is 83.0. The largest absolute Gasteiger partial charge is 0.456 e. The van der Waals surface area contributed by atoms with E-state index in [0.29, 0.717) is 0 Å². The van der Waals surface area contributed by atoms with Crippen LogP contribution in [0.25, 0.3) is 86.6 Å². The molecule has 64 heavy (non-hydrogen) atoms. The standard InChI is InChI=1S/C61H37NOS/c1-2-14-38(15-3-1)39-26-28-40(29-27-39)62(42-31-33-48-47-19-8-12-24-55(47)63-56(48)37-42)41-30-32-46-44-17-5-4-16-43(44)45-18-6-10-22-51(45)61(54(46)36-41)52-23-11-7-20-49(52)59-53(61)34-35-58-60(59)50-21-9-13-25-57(50)64-58/h1-37H. The molecule has 1 spiro atoms. The van der Waals surface area contributed by atoms with Gasteiger partial charge < -0.3 is 9.32 Å². The van der Waals surface area contributed by atoms with Crippen molar-refractivity contribution < 1.29 is 4.42 Å². The fourth-order valence-electron chi connectivity index (χ4n) is 11.3. The number of hydrogen-bond donors (Lipinski definition) is 0. The van der Waals surface area contributed by atoms with Gasteiger partial charge in [0.05, 0.1) is 5.41 Å². The Labute approximate surface area is 374 Å². The van der Waals surface area contributed by atoms with E-state index < -0.39 is 5.41 Å². The summed E-state index contributed by atoms with van der Waals surface area (Å²) in [6.07, 6.45) is 0. The van der Waals surface area contributed by atoms with Gasteiger partial charge in [-0.2, -0.15) is 0 Å². The van der Waals surface area contributed by atoms with Gasteiger partial charge in [0.2, 0.25) is 0 Å². The molecule has 2 aliphatic rings. The summed E-state index contributed by atoms with van der Waals surface area (Å²) in [5.74, 6) is 0. The van der Waals surface area contributed by atoms with Crippen molar-refractivity contribution in [3.8, 4) is 44.5 Å². The van der Waals surface area contributed by atoms with Gasteiger partial charge in [-0.25, -0.2) is 0 Å². The van der Waals surface area contributed by atoms with Crippen LogP contribution in [-0.4, -0.2) is 0 Å². The number of furan rings is 1. The minimum Gasteiger partial charge on any atom is -0.456 e. The molecule has 12 aromatic rings. The van der Waals surface area contributed by atoms with Crippen LogP contribution in [0, 0.1) is 0 Å². The molecule has 0 bridgehead atoms. The van der Waals surface area contributed by atoms with Crippen molar-refractivity contribution in [2.45, 2.75) is 5.41 Å². The number of fused-ring (bicyclic) bond motifs is 19. The van der Waals surface area contributed by atoms with Crippen LogP contribution >= 0.6 is 11.3 Å². The zero-order valence-corrected chi connectivity index (χ0v) is 35.4. The van der Waals surface area contributed by atoms with Crippen molar-refractivity contribution in [1.82, 2.24) is 0 Å². The molecule has 2 aromatic heterocycles.